The van der Waals surface area contributed by atoms with Crippen molar-refractivity contribution < 1.29 is 9.47 Å². The molecule has 1 aromatic rings. The lowest BCUT2D eigenvalue weighted by Gasteiger charge is -2.32. The molecule has 0 saturated heterocycles. The molecule has 3 heteroatoms. The summed E-state index contributed by atoms with van der Waals surface area (Å²) in [5, 5.41) is 0. The fourth-order valence-electron chi connectivity index (χ4n) is 2.76. The van der Waals surface area contributed by atoms with Crippen molar-refractivity contribution in [2.24, 2.45) is 11.3 Å². The number of ether oxygens (including phenoxy) is 2. The molecule has 1 rings (SSSR count). The fraction of sp³-hybridized carbons (Fsp3) is 0.700. The van der Waals surface area contributed by atoms with Crippen molar-refractivity contribution in [1.29, 1.82) is 0 Å². The van der Waals surface area contributed by atoms with Crippen molar-refractivity contribution in [1.82, 2.24) is 0 Å². The quantitative estimate of drug-likeness (QED) is 0.408. The first-order valence-electron chi connectivity index (χ1n) is 8.61. The lowest BCUT2D eigenvalue weighted by molar-refractivity contribution is -0.0602. The van der Waals surface area contributed by atoms with Gasteiger partial charge in [0.25, 0.3) is 0 Å². The Labute approximate surface area is 147 Å². The highest BCUT2D eigenvalue weighted by Crippen LogP contribution is 2.40. The molecule has 2 atom stereocenters. The second-order valence-corrected chi connectivity index (χ2v) is 8.65. The minimum Gasteiger partial charge on any atom is -0.465 e. The lowest BCUT2D eigenvalue weighted by Crippen LogP contribution is -2.20. The van der Waals surface area contributed by atoms with Gasteiger partial charge in [0.15, 0.2) is 6.29 Å². The summed E-state index contributed by atoms with van der Waals surface area (Å²) in [5.74, 6) is 3.13. The predicted octanol–water partition coefficient (Wildman–Crippen LogP) is 5.97. The summed E-state index contributed by atoms with van der Waals surface area (Å²) < 4.78 is 11.5. The van der Waals surface area contributed by atoms with E-state index in [9.17, 15) is 0 Å². The molecule has 0 bridgehead atoms. The smallest absolute Gasteiger partial charge is 0.197 e. The van der Waals surface area contributed by atoms with Crippen LogP contribution < -0.4 is 4.74 Å². The molecule has 0 fully saturated rings. The van der Waals surface area contributed by atoms with E-state index in [1.165, 1.54) is 12.0 Å². The van der Waals surface area contributed by atoms with Crippen LogP contribution in [0.2, 0.25) is 0 Å². The molecule has 2 unspecified atom stereocenters. The van der Waals surface area contributed by atoms with Gasteiger partial charge in [-0.3, -0.25) is 0 Å². The molecule has 23 heavy (non-hydrogen) atoms. The largest absolute Gasteiger partial charge is 0.465 e. The molecule has 0 aromatic heterocycles. The SMILES string of the molecule is CSCCOC(C)Oc1ccc(C(CC(C)C)C(C)(C)C)cc1. The Bertz CT molecular complexity index is 434. The van der Waals surface area contributed by atoms with Crippen molar-refractivity contribution in [3.63, 3.8) is 0 Å². The Morgan fingerprint density at radius 3 is 2.13 bits per heavy atom. The topological polar surface area (TPSA) is 18.5 Å². The molecule has 132 valence electrons. The van der Waals surface area contributed by atoms with E-state index >= 15 is 0 Å². The van der Waals surface area contributed by atoms with Crippen LogP contribution in [0.15, 0.2) is 24.3 Å². The predicted molar refractivity (Wildman–Crippen MR) is 103 cm³/mol. The van der Waals surface area contributed by atoms with E-state index in [-0.39, 0.29) is 11.7 Å². The first-order valence-corrected chi connectivity index (χ1v) is 10.0. The minimum atomic E-state index is -0.206. The van der Waals surface area contributed by atoms with Crippen molar-refractivity contribution >= 4 is 11.8 Å². The highest BCUT2D eigenvalue weighted by atomic mass is 32.2. The summed E-state index contributed by atoms with van der Waals surface area (Å²) in [6.45, 7) is 14.2. The van der Waals surface area contributed by atoms with Gasteiger partial charge < -0.3 is 9.47 Å². The van der Waals surface area contributed by atoms with Gasteiger partial charge >= 0.3 is 0 Å². The molecule has 0 saturated carbocycles. The summed E-state index contributed by atoms with van der Waals surface area (Å²) >= 11 is 1.78. The molecule has 0 amide bonds. The first kappa shape index (κ1) is 20.4. The average Bonchev–Trinajstić information content (AvgIpc) is 2.45. The summed E-state index contributed by atoms with van der Waals surface area (Å²) in [5.41, 5.74) is 1.66. The Morgan fingerprint density at radius 1 is 1.04 bits per heavy atom. The fourth-order valence-corrected chi connectivity index (χ4v) is 3.03. The van der Waals surface area contributed by atoms with Gasteiger partial charge in [-0.15, -0.1) is 0 Å². The van der Waals surface area contributed by atoms with Gasteiger partial charge in [0, 0.05) is 5.75 Å². The monoisotopic (exact) mass is 338 g/mol. The van der Waals surface area contributed by atoms with Crippen LogP contribution in [-0.4, -0.2) is 24.9 Å². The Balaban J connectivity index is 2.70. The van der Waals surface area contributed by atoms with Gasteiger partial charge in [-0.05, 0) is 54.5 Å². The van der Waals surface area contributed by atoms with E-state index in [1.54, 1.807) is 11.8 Å². The van der Waals surface area contributed by atoms with Crippen LogP contribution in [-0.2, 0) is 4.74 Å². The van der Waals surface area contributed by atoms with Crippen LogP contribution in [0.25, 0.3) is 0 Å². The highest BCUT2D eigenvalue weighted by Gasteiger charge is 2.26. The third-order valence-electron chi connectivity index (χ3n) is 3.98. The Kier molecular flexibility index (Phi) is 8.49. The summed E-state index contributed by atoms with van der Waals surface area (Å²) in [6, 6.07) is 8.57. The molecule has 1 aromatic carbocycles. The van der Waals surface area contributed by atoms with Crippen molar-refractivity contribution in [2.45, 2.75) is 60.2 Å². The minimum absolute atomic E-state index is 0.206. The molecule has 2 nitrogen and oxygen atoms in total. The van der Waals surface area contributed by atoms with Crippen LogP contribution in [0.1, 0.15) is 59.4 Å². The molecule has 0 aliphatic rings. The second kappa shape index (κ2) is 9.58. The number of benzene rings is 1. The standard InChI is InChI=1S/C20H34O2S/c1-15(2)14-19(20(4,5)6)17-8-10-18(11-9-17)22-16(3)21-12-13-23-7/h8-11,15-16,19H,12-14H2,1-7H3. The highest BCUT2D eigenvalue weighted by molar-refractivity contribution is 7.98. The first-order chi connectivity index (χ1) is 10.7. The third-order valence-corrected chi connectivity index (χ3v) is 4.55. The second-order valence-electron chi connectivity index (χ2n) is 7.67. The molecule has 0 spiro atoms. The Hall–Kier alpha value is -0.670. The zero-order valence-electron chi connectivity index (χ0n) is 15.9. The molecular weight excluding hydrogens is 304 g/mol. The number of hydrogen-bond donors (Lipinski definition) is 0. The molecule has 0 aliphatic carbocycles. The number of rotatable bonds is 9. The maximum atomic E-state index is 5.83. The van der Waals surface area contributed by atoms with Crippen LogP contribution in [0.5, 0.6) is 5.75 Å². The maximum absolute atomic E-state index is 5.83. The number of thioether (sulfide) groups is 1. The zero-order chi connectivity index (χ0) is 17.5. The van der Waals surface area contributed by atoms with Gasteiger partial charge in [-0.2, -0.15) is 11.8 Å². The molecular formula is C20H34O2S. The van der Waals surface area contributed by atoms with Gasteiger partial charge in [-0.1, -0.05) is 46.8 Å². The van der Waals surface area contributed by atoms with Crippen molar-refractivity contribution in [3.05, 3.63) is 29.8 Å². The van der Waals surface area contributed by atoms with E-state index < -0.39 is 0 Å². The van der Waals surface area contributed by atoms with Crippen molar-refractivity contribution in [2.75, 3.05) is 18.6 Å². The van der Waals surface area contributed by atoms with Crippen LogP contribution in [0.4, 0.5) is 0 Å². The van der Waals surface area contributed by atoms with E-state index in [0.29, 0.717) is 11.8 Å². The van der Waals surface area contributed by atoms with Gasteiger partial charge in [-0.25, -0.2) is 0 Å². The normalized spacial score (nSPS) is 14.8. The molecule has 0 heterocycles. The summed E-state index contributed by atoms with van der Waals surface area (Å²) in [4.78, 5) is 0. The van der Waals surface area contributed by atoms with E-state index in [1.807, 2.05) is 6.92 Å². The summed E-state index contributed by atoms with van der Waals surface area (Å²) in [6.07, 6.45) is 3.08. The molecule has 0 aliphatic heterocycles. The molecule has 0 N–H and O–H groups in total. The number of hydrogen-bond acceptors (Lipinski definition) is 3. The lowest BCUT2D eigenvalue weighted by atomic mass is 9.72. The molecule has 0 radical (unpaired) electrons. The Morgan fingerprint density at radius 2 is 1.65 bits per heavy atom. The van der Waals surface area contributed by atoms with E-state index in [4.69, 9.17) is 9.47 Å². The van der Waals surface area contributed by atoms with Gasteiger partial charge in [0.1, 0.15) is 5.75 Å². The van der Waals surface area contributed by atoms with Gasteiger partial charge in [0.05, 0.1) is 6.61 Å². The van der Waals surface area contributed by atoms with Crippen LogP contribution >= 0.6 is 11.8 Å². The summed E-state index contributed by atoms with van der Waals surface area (Å²) in [7, 11) is 0. The van der Waals surface area contributed by atoms with Crippen LogP contribution in [0.3, 0.4) is 0 Å². The third kappa shape index (κ3) is 7.63. The maximum Gasteiger partial charge on any atom is 0.197 e. The van der Waals surface area contributed by atoms with E-state index in [2.05, 4.69) is 65.1 Å². The average molecular weight is 339 g/mol. The van der Waals surface area contributed by atoms with Gasteiger partial charge in [0.2, 0.25) is 0 Å². The van der Waals surface area contributed by atoms with Crippen LogP contribution in [0, 0.1) is 11.3 Å². The zero-order valence-corrected chi connectivity index (χ0v) is 16.7. The van der Waals surface area contributed by atoms with E-state index in [0.717, 1.165) is 18.1 Å². The van der Waals surface area contributed by atoms with Crippen molar-refractivity contribution in [3.8, 4) is 5.75 Å².